The summed E-state index contributed by atoms with van der Waals surface area (Å²) in [6.45, 7) is 7.94. The average Bonchev–Trinajstić information content (AvgIpc) is 2.74. The topological polar surface area (TPSA) is 24.9 Å². The number of rotatable bonds is 4. The van der Waals surface area contributed by atoms with E-state index in [1.54, 1.807) is 11.3 Å². The lowest BCUT2D eigenvalue weighted by molar-refractivity contribution is 0.202. The molecule has 1 aliphatic carbocycles. The van der Waals surface area contributed by atoms with Crippen molar-refractivity contribution in [3.63, 3.8) is 0 Å². The van der Waals surface area contributed by atoms with Gasteiger partial charge in [-0.2, -0.15) is 0 Å². The molecule has 17 heavy (non-hydrogen) atoms. The molecule has 0 radical (unpaired) electrons. The third kappa shape index (κ3) is 3.29. The van der Waals surface area contributed by atoms with E-state index in [9.17, 15) is 0 Å². The zero-order valence-electron chi connectivity index (χ0n) is 11.3. The molecule has 1 saturated carbocycles. The molecule has 1 aliphatic rings. The molecule has 1 heterocycles. The van der Waals surface area contributed by atoms with E-state index in [2.05, 4.69) is 31.1 Å². The number of aromatic nitrogens is 1. The highest BCUT2D eigenvalue weighted by molar-refractivity contribution is 7.09. The molecule has 1 unspecified atom stereocenters. The second-order valence-electron chi connectivity index (χ2n) is 5.78. The number of thiazole rings is 1. The summed E-state index contributed by atoms with van der Waals surface area (Å²) >= 11 is 1.77. The van der Waals surface area contributed by atoms with E-state index in [-0.39, 0.29) is 0 Å². The van der Waals surface area contributed by atoms with Gasteiger partial charge >= 0.3 is 0 Å². The van der Waals surface area contributed by atoms with Gasteiger partial charge in [0.25, 0.3) is 0 Å². The summed E-state index contributed by atoms with van der Waals surface area (Å²) in [6, 6.07) is 0.446. The Morgan fingerprint density at radius 3 is 2.71 bits per heavy atom. The molecule has 1 aromatic rings. The highest BCUT2D eigenvalue weighted by Gasteiger charge is 2.27. The summed E-state index contributed by atoms with van der Waals surface area (Å²) in [7, 11) is 0. The summed E-state index contributed by atoms with van der Waals surface area (Å²) in [5.74, 6) is 0. The van der Waals surface area contributed by atoms with Crippen LogP contribution < -0.4 is 5.32 Å². The van der Waals surface area contributed by atoms with Crippen molar-refractivity contribution in [2.45, 2.75) is 58.9 Å². The SMILES string of the molecule is Cc1ncsc1C(C)NCC1(C)CCCCC1. The molecule has 0 aromatic carbocycles. The van der Waals surface area contributed by atoms with E-state index < -0.39 is 0 Å². The van der Waals surface area contributed by atoms with E-state index in [1.165, 1.54) is 42.7 Å². The predicted molar refractivity (Wildman–Crippen MR) is 74.5 cm³/mol. The molecule has 1 aromatic heterocycles. The molecule has 0 spiro atoms. The molecular formula is C14H24N2S. The van der Waals surface area contributed by atoms with Crippen molar-refractivity contribution in [2.75, 3.05) is 6.54 Å². The van der Waals surface area contributed by atoms with Crippen LogP contribution in [0.4, 0.5) is 0 Å². The van der Waals surface area contributed by atoms with Crippen molar-refractivity contribution < 1.29 is 0 Å². The third-order valence-corrected chi connectivity index (χ3v) is 5.19. The van der Waals surface area contributed by atoms with Gasteiger partial charge in [-0.05, 0) is 32.1 Å². The van der Waals surface area contributed by atoms with Gasteiger partial charge in [0.15, 0.2) is 0 Å². The van der Waals surface area contributed by atoms with Crippen LogP contribution in [0.5, 0.6) is 0 Å². The van der Waals surface area contributed by atoms with Crippen LogP contribution in [0.15, 0.2) is 5.51 Å². The van der Waals surface area contributed by atoms with Gasteiger partial charge in [-0.15, -0.1) is 11.3 Å². The van der Waals surface area contributed by atoms with Gasteiger partial charge in [-0.3, -0.25) is 0 Å². The van der Waals surface area contributed by atoms with Gasteiger partial charge in [-0.25, -0.2) is 4.98 Å². The van der Waals surface area contributed by atoms with Crippen LogP contribution in [0, 0.1) is 12.3 Å². The Balaban J connectivity index is 1.87. The quantitative estimate of drug-likeness (QED) is 0.873. The van der Waals surface area contributed by atoms with Gasteiger partial charge in [0.05, 0.1) is 11.2 Å². The van der Waals surface area contributed by atoms with Crippen molar-refractivity contribution >= 4 is 11.3 Å². The first-order chi connectivity index (χ1) is 8.11. The minimum atomic E-state index is 0.446. The van der Waals surface area contributed by atoms with E-state index in [0.29, 0.717) is 11.5 Å². The van der Waals surface area contributed by atoms with E-state index in [4.69, 9.17) is 0 Å². The largest absolute Gasteiger partial charge is 0.309 e. The smallest absolute Gasteiger partial charge is 0.0798 e. The maximum absolute atomic E-state index is 4.33. The lowest BCUT2D eigenvalue weighted by atomic mass is 9.75. The fourth-order valence-corrected chi connectivity index (χ4v) is 3.64. The van der Waals surface area contributed by atoms with Crippen LogP contribution in [-0.2, 0) is 0 Å². The molecule has 96 valence electrons. The van der Waals surface area contributed by atoms with Crippen LogP contribution in [-0.4, -0.2) is 11.5 Å². The maximum Gasteiger partial charge on any atom is 0.0798 e. The molecule has 1 atom stereocenters. The molecule has 2 rings (SSSR count). The first-order valence-corrected chi connectivity index (χ1v) is 7.62. The second kappa shape index (κ2) is 5.49. The molecule has 1 N–H and O–H groups in total. The summed E-state index contributed by atoms with van der Waals surface area (Å²) in [5.41, 5.74) is 3.65. The average molecular weight is 252 g/mol. The highest BCUT2D eigenvalue weighted by atomic mass is 32.1. The van der Waals surface area contributed by atoms with E-state index in [0.717, 1.165) is 6.54 Å². The summed E-state index contributed by atoms with van der Waals surface area (Å²) in [5, 5.41) is 3.71. The molecule has 0 amide bonds. The van der Waals surface area contributed by atoms with Crippen molar-refractivity contribution in [1.29, 1.82) is 0 Å². The van der Waals surface area contributed by atoms with Gasteiger partial charge in [0.2, 0.25) is 0 Å². The number of aryl methyl sites for hydroxylation is 1. The van der Waals surface area contributed by atoms with Gasteiger partial charge in [0, 0.05) is 17.5 Å². The number of hydrogen-bond donors (Lipinski definition) is 1. The molecule has 2 nitrogen and oxygen atoms in total. The zero-order chi connectivity index (χ0) is 12.3. The Bertz CT molecular complexity index is 353. The standard InChI is InChI=1S/C14H24N2S/c1-11(13-12(2)16-10-17-13)15-9-14(3)7-5-4-6-8-14/h10-11,15H,4-9H2,1-3H3. The van der Waals surface area contributed by atoms with E-state index >= 15 is 0 Å². The number of nitrogens with zero attached hydrogens (tertiary/aromatic N) is 1. The van der Waals surface area contributed by atoms with Crippen molar-refractivity contribution in [1.82, 2.24) is 10.3 Å². The molecule has 0 bridgehead atoms. The fourth-order valence-electron chi connectivity index (χ4n) is 2.80. The van der Waals surface area contributed by atoms with Gasteiger partial charge < -0.3 is 5.32 Å². The predicted octanol–water partition coefficient (Wildman–Crippen LogP) is 4.07. The zero-order valence-corrected chi connectivity index (χ0v) is 12.1. The molecule has 1 fully saturated rings. The fraction of sp³-hybridized carbons (Fsp3) is 0.786. The van der Waals surface area contributed by atoms with Gasteiger partial charge in [0.1, 0.15) is 0 Å². The van der Waals surface area contributed by atoms with Crippen molar-refractivity contribution in [3.05, 3.63) is 16.1 Å². The van der Waals surface area contributed by atoms with Gasteiger partial charge in [-0.1, -0.05) is 26.2 Å². The summed E-state index contributed by atoms with van der Waals surface area (Å²) in [4.78, 5) is 5.72. The van der Waals surface area contributed by atoms with Crippen molar-refractivity contribution in [3.8, 4) is 0 Å². The minimum absolute atomic E-state index is 0.446. The Morgan fingerprint density at radius 1 is 1.41 bits per heavy atom. The second-order valence-corrected chi connectivity index (χ2v) is 6.66. The maximum atomic E-state index is 4.33. The Hall–Kier alpha value is -0.410. The lowest BCUT2D eigenvalue weighted by Gasteiger charge is -2.34. The van der Waals surface area contributed by atoms with E-state index in [1.807, 2.05) is 5.51 Å². The molecule has 3 heteroatoms. The van der Waals surface area contributed by atoms with Crippen LogP contribution in [0.1, 0.15) is 62.6 Å². The van der Waals surface area contributed by atoms with Crippen molar-refractivity contribution in [2.24, 2.45) is 5.41 Å². The van der Waals surface area contributed by atoms with Crippen LogP contribution >= 0.6 is 11.3 Å². The normalized spacial score (nSPS) is 21.4. The first-order valence-electron chi connectivity index (χ1n) is 6.74. The summed E-state index contributed by atoms with van der Waals surface area (Å²) < 4.78 is 0. The van der Waals surface area contributed by atoms with Crippen LogP contribution in [0.2, 0.25) is 0 Å². The number of hydrogen-bond acceptors (Lipinski definition) is 3. The molecule has 0 aliphatic heterocycles. The Labute approximate surface area is 109 Å². The third-order valence-electron chi connectivity index (χ3n) is 4.07. The summed E-state index contributed by atoms with van der Waals surface area (Å²) in [6.07, 6.45) is 7.01. The van der Waals surface area contributed by atoms with Crippen LogP contribution in [0.25, 0.3) is 0 Å². The molecule has 0 saturated heterocycles. The molecular weight excluding hydrogens is 228 g/mol. The highest BCUT2D eigenvalue weighted by Crippen LogP contribution is 2.35. The van der Waals surface area contributed by atoms with Crippen LogP contribution in [0.3, 0.4) is 0 Å². The Morgan fingerprint density at radius 2 is 2.12 bits per heavy atom. The lowest BCUT2D eigenvalue weighted by Crippen LogP contribution is -2.34. The first kappa shape index (κ1) is 13.0. The minimum Gasteiger partial charge on any atom is -0.309 e. The number of nitrogens with one attached hydrogen (secondary N) is 1. The monoisotopic (exact) mass is 252 g/mol. The Kier molecular flexibility index (Phi) is 4.21.